The maximum absolute atomic E-state index is 13.6. The second-order valence-electron chi connectivity index (χ2n) is 6.07. The third-order valence-corrected chi connectivity index (χ3v) is 5.13. The van der Waals surface area contributed by atoms with Crippen LogP contribution >= 0.6 is 11.3 Å². The molecule has 0 radical (unpaired) electrons. The van der Waals surface area contributed by atoms with E-state index in [0.29, 0.717) is 5.01 Å². The average molecular weight is 403 g/mol. The summed E-state index contributed by atoms with van der Waals surface area (Å²) in [5.74, 6) is -2.18. The van der Waals surface area contributed by atoms with Gasteiger partial charge in [-0.15, -0.1) is 11.3 Å². The molecule has 10 heteroatoms. The van der Waals surface area contributed by atoms with Crippen LogP contribution < -0.4 is 10.0 Å². The summed E-state index contributed by atoms with van der Waals surface area (Å²) in [6.45, 7) is 3.33. The Bertz CT molecular complexity index is 878. The molecule has 6 nitrogen and oxygen atoms in total. The van der Waals surface area contributed by atoms with Gasteiger partial charge < -0.3 is 5.32 Å². The summed E-state index contributed by atoms with van der Waals surface area (Å²) in [5, 5.41) is 4.32. The van der Waals surface area contributed by atoms with Gasteiger partial charge in [0, 0.05) is 17.5 Å². The Balaban J connectivity index is 2.11. The number of aromatic nitrogens is 1. The summed E-state index contributed by atoms with van der Waals surface area (Å²) in [4.78, 5) is 16.3. The molecule has 0 aliphatic heterocycles. The van der Waals surface area contributed by atoms with Crippen LogP contribution in [0.1, 0.15) is 40.9 Å². The maximum atomic E-state index is 13.6. The zero-order valence-corrected chi connectivity index (χ0v) is 16.0. The van der Waals surface area contributed by atoms with Crippen molar-refractivity contribution in [2.75, 3.05) is 6.26 Å². The lowest BCUT2D eigenvalue weighted by atomic mass is 10.1. The number of nitrogens with zero attached hydrogens (tertiary/aromatic N) is 1. The molecule has 0 saturated carbocycles. The van der Waals surface area contributed by atoms with Crippen molar-refractivity contribution in [1.82, 2.24) is 15.0 Å². The summed E-state index contributed by atoms with van der Waals surface area (Å²) in [5.41, 5.74) is -0.183. The quantitative estimate of drug-likeness (QED) is 0.744. The van der Waals surface area contributed by atoms with Crippen LogP contribution in [-0.2, 0) is 16.6 Å². The van der Waals surface area contributed by atoms with Crippen LogP contribution in [0.4, 0.5) is 8.78 Å². The van der Waals surface area contributed by atoms with Crippen molar-refractivity contribution in [2.24, 2.45) is 5.92 Å². The van der Waals surface area contributed by atoms with E-state index >= 15 is 0 Å². The van der Waals surface area contributed by atoms with Gasteiger partial charge in [0.1, 0.15) is 22.3 Å². The first-order chi connectivity index (χ1) is 12.1. The summed E-state index contributed by atoms with van der Waals surface area (Å²) in [6, 6.07) is 2.88. The van der Waals surface area contributed by atoms with Crippen molar-refractivity contribution < 1.29 is 22.0 Å². The molecule has 1 aromatic carbocycles. The number of halogens is 2. The van der Waals surface area contributed by atoms with Crippen LogP contribution in [0.5, 0.6) is 0 Å². The van der Waals surface area contributed by atoms with E-state index in [4.69, 9.17) is 0 Å². The highest BCUT2D eigenvalue weighted by atomic mass is 32.2. The monoisotopic (exact) mass is 403 g/mol. The van der Waals surface area contributed by atoms with Gasteiger partial charge in [0.05, 0.1) is 12.3 Å². The number of nitrogens with one attached hydrogen (secondary N) is 2. The van der Waals surface area contributed by atoms with Crippen LogP contribution in [0.25, 0.3) is 0 Å². The van der Waals surface area contributed by atoms with Gasteiger partial charge in [-0.1, -0.05) is 19.9 Å². The van der Waals surface area contributed by atoms with Gasteiger partial charge in [-0.2, -0.15) is 0 Å². The van der Waals surface area contributed by atoms with Gasteiger partial charge >= 0.3 is 0 Å². The van der Waals surface area contributed by atoms with Crippen LogP contribution in [-0.4, -0.2) is 25.6 Å². The third-order valence-electron chi connectivity index (χ3n) is 3.52. The number of rotatable bonds is 7. The number of hydrogen-bond acceptors (Lipinski definition) is 5. The highest BCUT2D eigenvalue weighted by Gasteiger charge is 2.24. The zero-order chi connectivity index (χ0) is 19.5. The standard InChI is InChI=1S/C16H19F2N3O3S2/c1-9(2)14(21-26(3,23)24)16-20-13(8-25-16)15(22)19-7-10-11(17)5-4-6-12(10)18/h4-6,8-9,14,21H,7H2,1-3H3,(H,19,22)/t14-/m1/s1. The second-order valence-corrected chi connectivity index (χ2v) is 8.74. The number of carbonyl (C=O) groups is 1. The molecule has 0 bridgehead atoms. The van der Waals surface area contributed by atoms with E-state index in [-0.39, 0.29) is 23.7 Å². The molecule has 2 rings (SSSR count). The molecule has 1 atom stereocenters. The smallest absolute Gasteiger partial charge is 0.271 e. The molecule has 2 aromatic rings. The molecule has 2 N–H and O–H groups in total. The fourth-order valence-electron chi connectivity index (χ4n) is 2.20. The van der Waals surface area contributed by atoms with Gasteiger partial charge in [-0.05, 0) is 18.1 Å². The molecule has 0 unspecified atom stereocenters. The minimum atomic E-state index is -3.45. The first-order valence-electron chi connectivity index (χ1n) is 7.72. The highest BCUT2D eigenvalue weighted by Crippen LogP contribution is 2.25. The Morgan fingerprint density at radius 1 is 1.27 bits per heavy atom. The molecule has 1 heterocycles. The molecule has 1 amide bonds. The van der Waals surface area contributed by atoms with E-state index in [9.17, 15) is 22.0 Å². The summed E-state index contributed by atoms with van der Waals surface area (Å²) >= 11 is 1.14. The molecule has 142 valence electrons. The topological polar surface area (TPSA) is 88.2 Å². The van der Waals surface area contributed by atoms with Crippen LogP contribution in [0, 0.1) is 17.6 Å². The Morgan fingerprint density at radius 2 is 1.88 bits per heavy atom. The predicted molar refractivity (Wildman–Crippen MR) is 95.2 cm³/mol. The Labute approximate surface area is 154 Å². The Kier molecular flexibility index (Phi) is 6.43. The van der Waals surface area contributed by atoms with Crippen molar-refractivity contribution in [3.05, 3.63) is 51.5 Å². The van der Waals surface area contributed by atoms with Gasteiger partial charge in [0.15, 0.2) is 0 Å². The fraction of sp³-hybridized carbons (Fsp3) is 0.375. The minimum absolute atomic E-state index is 0.0581. The van der Waals surface area contributed by atoms with Gasteiger partial charge in [-0.3, -0.25) is 4.79 Å². The van der Waals surface area contributed by atoms with E-state index in [1.54, 1.807) is 0 Å². The number of benzene rings is 1. The highest BCUT2D eigenvalue weighted by molar-refractivity contribution is 7.88. The number of sulfonamides is 1. The molecule has 0 aliphatic carbocycles. The van der Waals surface area contributed by atoms with Gasteiger partial charge in [0.25, 0.3) is 5.91 Å². The van der Waals surface area contributed by atoms with Gasteiger partial charge in [-0.25, -0.2) is 26.9 Å². The Morgan fingerprint density at radius 3 is 2.42 bits per heavy atom. The lowest BCUT2D eigenvalue weighted by molar-refractivity contribution is 0.0945. The van der Waals surface area contributed by atoms with E-state index < -0.39 is 33.6 Å². The molecule has 0 saturated heterocycles. The van der Waals surface area contributed by atoms with E-state index in [0.717, 1.165) is 29.7 Å². The molecule has 0 fully saturated rings. The minimum Gasteiger partial charge on any atom is -0.346 e. The van der Waals surface area contributed by atoms with Crippen LogP contribution in [0.3, 0.4) is 0 Å². The maximum Gasteiger partial charge on any atom is 0.271 e. The third kappa shape index (κ3) is 5.29. The van der Waals surface area contributed by atoms with Crippen molar-refractivity contribution in [2.45, 2.75) is 26.4 Å². The molecule has 26 heavy (non-hydrogen) atoms. The summed E-state index contributed by atoms with van der Waals surface area (Å²) < 4.78 is 52.7. The van der Waals surface area contributed by atoms with Crippen LogP contribution in [0.15, 0.2) is 23.6 Å². The summed E-state index contributed by atoms with van der Waals surface area (Å²) in [7, 11) is -3.45. The fourth-order valence-corrected chi connectivity index (χ4v) is 4.14. The van der Waals surface area contributed by atoms with E-state index in [1.165, 1.54) is 11.4 Å². The van der Waals surface area contributed by atoms with Crippen molar-refractivity contribution in [3.8, 4) is 0 Å². The number of hydrogen-bond donors (Lipinski definition) is 2. The lowest BCUT2D eigenvalue weighted by Crippen LogP contribution is -2.31. The normalized spacial score (nSPS) is 13.0. The predicted octanol–water partition coefficient (Wildman–Crippen LogP) is 2.60. The summed E-state index contributed by atoms with van der Waals surface area (Å²) in [6.07, 6.45) is 1.05. The lowest BCUT2D eigenvalue weighted by Gasteiger charge is -2.18. The Hall–Kier alpha value is -1.91. The van der Waals surface area contributed by atoms with Gasteiger partial charge in [0.2, 0.25) is 10.0 Å². The molecule has 1 aromatic heterocycles. The van der Waals surface area contributed by atoms with Crippen LogP contribution in [0.2, 0.25) is 0 Å². The molecular weight excluding hydrogens is 384 g/mol. The first-order valence-corrected chi connectivity index (χ1v) is 10.5. The van der Waals surface area contributed by atoms with E-state index in [2.05, 4.69) is 15.0 Å². The first kappa shape index (κ1) is 20.4. The van der Waals surface area contributed by atoms with Crippen molar-refractivity contribution >= 4 is 27.3 Å². The molecular formula is C16H19F2N3O3S2. The average Bonchev–Trinajstić information content (AvgIpc) is 3.00. The molecule has 0 spiro atoms. The van der Waals surface area contributed by atoms with E-state index in [1.807, 2.05) is 13.8 Å². The second kappa shape index (κ2) is 8.19. The largest absolute Gasteiger partial charge is 0.346 e. The molecule has 0 aliphatic rings. The van der Waals surface area contributed by atoms with Crippen molar-refractivity contribution in [1.29, 1.82) is 0 Å². The van der Waals surface area contributed by atoms with Crippen molar-refractivity contribution in [3.63, 3.8) is 0 Å². The SMILES string of the molecule is CC(C)[C@@H](NS(C)(=O)=O)c1nc(C(=O)NCc2c(F)cccc2F)cs1. The number of amides is 1. The number of thiazole rings is 1. The number of carbonyl (C=O) groups excluding carboxylic acids is 1. The zero-order valence-electron chi connectivity index (χ0n) is 14.4.